The molecule has 0 fully saturated rings. The smallest absolute Gasteiger partial charge is 0.230 e. The first kappa shape index (κ1) is 11.1. The first-order valence-electron chi connectivity index (χ1n) is 5.16. The Balaban J connectivity index is 2.08. The first-order valence-corrected chi connectivity index (χ1v) is 5.16. The van der Waals surface area contributed by atoms with Crippen molar-refractivity contribution in [2.75, 3.05) is 17.2 Å². The van der Waals surface area contributed by atoms with Crippen LogP contribution in [0.25, 0.3) is 0 Å². The van der Waals surface area contributed by atoms with Crippen molar-refractivity contribution in [1.82, 2.24) is 15.1 Å². The van der Waals surface area contributed by atoms with Gasteiger partial charge < -0.3 is 15.2 Å². The molecule has 17 heavy (non-hydrogen) atoms. The van der Waals surface area contributed by atoms with Gasteiger partial charge in [-0.05, 0) is 13.0 Å². The lowest BCUT2D eigenvalue weighted by Gasteiger charge is -2.04. The Morgan fingerprint density at radius 3 is 3.06 bits per heavy atom. The maximum Gasteiger partial charge on any atom is 0.230 e. The zero-order valence-electron chi connectivity index (χ0n) is 9.47. The van der Waals surface area contributed by atoms with E-state index < -0.39 is 0 Å². The molecule has 0 saturated heterocycles. The van der Waals surface area contributed by atoms with Crippen molar-refractivity contribution < 1.29 is 4.52 Å². The number of anilines is 3. The molecule has 88 valence electrons. The highest BCUT2D eigenvalue weighted by Gasteiger charge is 2.03. The monoisotopic (exact) mass is 231 g/mol. The molecule has 0 aliphatic rings. The number of nitrogens with one attached hydrogen (secondary N) is 2. The molecule has 6 heteroatoms. The van der Waals surface area contributed by atoms with Gasteiger partial charge >= 0.3 is 0 Å². The van der Waals surface area contributed by atoms with Gasteiger partial charge in [-0.15, -0.1) is 6.58 Å². The minimum atomic E-state index is 0.465. The average molecular weight is 231 g/mol. The van der Waals surface area contributed by atoms with E-state index in [1.165, 1.54) is 0 Å². The van der Waals surface area contributed by atoms with Crippen molar-refractivity contribution in [2.45, 2.75) is 6.92 Å². The molecule has 0 aliphatic heterocycles. The van der Waals surface area contributed by atoms with E-state index in [1.54, 1.807) is 24.4 Å². The van der Waals surface area contributed by atoms with E-state index in [2.05, 4.69) is 32.3 Å². The molecule has 0 amide bonds. The van der Waals surface area contributed by atoms with Gasteiger partial charge in [0.05, 0.1) is 0 Å². The topological polar surface area (TPSA) is 75.9 Å². The van der Waals surface area contributed by atoms with Crippen molar-refractivity contribution in [2.24, 2.45) is 0 Å². The summed E-state index contributed by atoms with van der Waals surface area (Å²) >= 11 is 0. The standard InChI is InChI=1S/C11H13N5O/c1-3-5-12-9-4-6-13-11(14-9)15-10-7-8(2)17-16-10/h3-4,6-7H,1,5H2,2H3,(H2,12,13,14,15,16). The van der Waals surface area contributed by atoms with E-state index in [0.29, 0.717) is 18.3 Å². The molecule has 6 nitrogen and oxygen atoms in total. The predicted molar refractivity (Wildman–Crippen MR) is 65.2 cm³/mol. The molecule has 2 rings (SSSR count). The largest absolute Gasteiger partial charge is 0.366 e. The lowest BCUT2D eigenvalue weighted by Crippen LogP contribution is -2.03. The number of aryl methyl sites for hydroxylation is 1. The van der Waals surface area contributed by atoms with Crippen LogP contribution in [-0.2, 0) is 0 Å². The molecule has 0 spiro atoms. The number of hydrogen-bond acceptors (Lipinski definition) is 6. The zero-order chi connectivity index (χ0) is 12.1. The minimum Gasteiger partial charge on any atom is -0.366 e. The van der Waals surface area contributed by atoms with E-state index in [4.69, 9.17) is 4.52 Å². The van der Waals surface area contributed by atoms with Gasteiger partial charge in [0, 0.05) is 18.8 Å². The molecule has 0 saturated carbocycles. The summed E-state index contributed by atoms with van der Waals surface area (Å²) in [5.41, 5.74) is 0. The molecule has 0 aromatic carbocycles. The van der Waals surface area contributed by atoms with Gasteiger partial charge in [-0.1, -0.05) is 11.2 Å². The Labute approximate surface area is 98.8 Å². The number of hydrogen-bond donors (Lipinski definition) is 2. The van der Waals surface area contributed by atoms with E-state index in [9.17, 15) is 0 Å². The fraction of sp³-hybridized carbons (Fsp3) is 0.182. The van der Waals surface area contributed by atoms with Crippen molar-refractivity contribution in [3.8, 4) is 0 Å². The SMILES string of the molecule is C=CCNc1ccnc(Nc2cc(C)on2)n1. The summed E-state index contributed by atoms with van der Waals surface area (Å²) < 4.78 is 4.93. The van der Waals surface area contributed by atoms with Crippen LogP contribution in [0.3, 0.4) is 0 Å². The van der Waals surface area contributed by atoms with E-state index >= 15 is 0 Å². The Hall–Kier alpha value is -2.37. The van der Waals surface area contributed by atoms with Crippen LogP contribution in [0.5, 0.6) is 0 Å². The fourth-order valence-corrected chi connectivity index (χ4v) is 1.23. The van der Waals surface area contributed by atoms with Gasteiger partial charge in [-0.2, -0.15) is 4.98 Å². The van der Waals surface area contributed by atoms with Gasteiger partial charge in [0.2, 0.25) is 5.95 Å². The fourth-order valence-electron chi connectivity index (χ4n) is 1.23. The summed E-state index contributed by atoms with van der Waals surface area (Å²) in [6, 6.07) is 3.55. The van der Waals surface area contributed by atoms with Crippen molar-refractivity contribution in [3.05, 3.63) is 36.7 Å². The van der Waals surface area contributed by atoms with Crippen LogP contribution in [0.4, 0.5) is 17.6 Å². The Morgan fingerprint density at radius 1 is 1.47 bits per heavy atom. The third kappa shape index (κ3) is 3.04. The number of rotatable bonds is 5. The normalized spacial score (nSPS) is 9.94. The lowest BCUT2D eigenvalue weighted by molar-refractivity contribution is 0.400. The van der Waals surface area contributed by atoms with E-state index in [1.807, 2.05) is 6.92 Å². The van der Waals surface area contributed by atoms with Crippen molar-refractivity contribution >= 4 is 17.6 Å². The maximum atomic E-state index is 4.93. The summed E-state index contributed by atoms with van der Waals surface area (Å²) in [5.74, 6) is 2.51. The number of aromatic nitrogens is 3. The zero-order valence-corrected chi connectivity index (χ0v) is 9.47. The molecule has 0 bridgehead atoms. The second-order valence-corrected chi connectivity index (χ2v) is 3.38. The maximum absolute atomic E-state index is 4.93. The van der Waals surface area contributed by atoms with E-state index in [0.717, 1.165) is 11.6 Å². The molecule has 0 atom stereocenters. The molecular formula is C11H13N5O. The molecular weight excluding hydrogens is 218 g/mol. The predicted octanol–water partition coefficient (Wildman–Crippen LogP) is 2.11. The van der Waals surface area contributed by atoms with Gasteiger partial charge in [-0.25, -0.2) is 4.98 Å². The highest BCUT2D eigenvalue weighted by atomic mass is 16.5. The van der Waals surface area contributed by atoms with Crippen LogP contribution in [0.15, 0.2) is 35.5 Å². The van der Waals surface area contributed by atoms with Crippen molar-refractivity contribution in [3.63, 3.8) is 0 Å². The lowest BCUT2D eigenvalue weighted by atomic mass is 10.5. The summed E-state index contributed by atoms with van der Waals surface area (Å²) in [7, 11) is 0. The molecule has 2 aromatic rings. The highest BCUT2D eigenvalue weighted by molar-refractivity contribution is 5.49. The third-order valence-electron chi connectivity index (χ3n) is 1.95. The third-order valence-corrected chi connectivity index (χ3v) is 1.95. The van der Waals surface area contributed by atoms with Crippen LogP contribution in [0.1, 0.15) is 5.76 Å². The summed E-state index contributed by atoms with van der Waals surface area (Å²) in [6.45, 7) is 6.10. The Kier molecular flexibility index (Phi) is 3.34. The summed E-state index contributed by atoms with van der Waals surface area (Å²) in [5, 5.41) is 9.82. The van der Waals surface area contributed by atoms with Crippen LogP contribution in [0, 0.1) is 6.92 Å². The molecule has 0 unspecified atom stereocenters. The summed E-state index contributed by atoms with van der Waals surface area (Å²) in [6.07, 6.45) is 3.42. The van der Waals surface area contributed by atoms with Gasteiger partial charge in [0.1, 0.15) is 11.6 Å². The summed E-state index contributed by atoms with van der Waals surface area (Å²) in [4.78, 5) is 8.33. The Bertz CT molecular complexity index is 508. The number of nitrogens with zero attached hydrogens (tertiary/aromatic N) is 3. The van der Waals surface area contributed by atoms with Crippen LogP contribution in [0.2, 0.25) is 0 Å². The molecule has 0 radical (unpaired) electrons. The van der Waals surface area contributed by atoms with E-state index in [-0.39, 0.29) is 0 Å². The van der Waals surface area contributed by atoms with Gasteiger partial charge in [0.15, 0.2) is 5.82 Å². The average Bonchev–Trinajstić information content (AvgIpc) is 2.73. The van der Waals surface area contributed by atoms with Crippen LogP contribution in [-0.4, -0.2) is 21.7 Å². The quantitative estimate of drug-likeness (QED) is 0.767. The first-order chi connectivity index (χ1) is 8.28. The molecule has 2 heterocycles. The van der Waals surface area contributed by atoms with Crippen LogP contribution >= 0.6 is 0 Å². The van der Waals surface area contributed by atoms with Gasteiger partial charge in [-0.3, -0.25) is 0 Å². The minimum absolute atomic E-state index is 0.465. The second kappa shape index (κ2) is 5.11. The van der Waals surface area contributed by atoms with Crippen LogP contribution < -0.4 is 10.6 Å². The Morgan fingerprint density at radius 2 is 2.35 bits per heavy atom. The molecule has 2 N–H and O–H groups in total. The second-order valence-electron chi connectivity index (χ2n) is 3.38. The molecule has 0 aliphatic carbocycles. The molecule has 2 aromatic heterocycles. The van der Waals surface area contributed by atoms with Crippen molar-refractivity contribution in [1.29, 1.82) is 0 Å². The van der Waals surface area contributed by atoms with Gasteiger partial charge in [0.25, 0.3) is 0 Å². The highest BCUT2D eigenvalue weighted by Crippen LogP contribution is 2.13.